The molecule has 27 heavy (non-hydrogen) atoms. The van der Waals surface area contributed by atoms with Gasteiger partial charge in [0.2, 0.25) is 0 Å². The maximum atomic E-state index is 10.9. The molecule has 1 N–H and O–H groups in total. The van der Waals surface area contributed by atoms with Crippen LogP contribution in [0.1, 0.15) is 16.1 Å². The molecule has 0 bridgehead atoms. The van der Waals surface area contributed by atoms with Crippen LogP contribution in [-0.2, 0) is 24.4 Å². The highest BCUT2D eigenvalue weighted by molar-refractivity contribution is 7.15. The molecule has 0 saturated carbocycles. The minimum atomic E-state index is -0.783. The average molecular weight is 380 g/mol. The highest BCUT2D eigenvalue weighted by atomic mass is 32.1. The third-order valence-electron chi connectivity index (χ3n) is 4.52. The summed E-state index contributed by atoms with van der Waals surface area (Å²) in [6, 6.07) is 18.1. The second-order valence-electron chi connectivity index (χ2n) is 6.54. The zero-order valence-electron chi connectivity index (χ0n) is 14.8. The van der Waals surface area contributed by atoms with Crippen molar-refractivity contribution in [2.75, 3.05) is 13.1 Å². The van der Waals surface area contributed by atoms with Crippen LogP contribution in [0.3, 0.4) is 0 Å². The van der Waals surface area contributed by atoms with Crippen LogP contribution in [0.2, 0.25) is 0 Å². The molecule has 4 rings (SSSR count). The fraction of sp³-hybridized carbons (Fsp3) is 0.238. The van der Waals surface area contributed by atoms with Crippen molar-refractivity contribution in [1.29, 1.82) is 0 Å². The molecular formula is C21H20N2O3S. The number of rotatable bonds is 6. The Morgan fingerprint density at radius 1 is 1.15 bits per heavy atom. The van der Waals surface area contributed by atoms with Crippen LogP contribution in [0.25, 0.3) is 10.6 Å². The van der Waals surface area contributed by atoms with Gasteiger partial charge in [0.05, 0.1) is 12.2 Å². The summed E-state index contributed by atoms with van der Waals surface area (Å²) in [5.74, 6) is 0.0471. The molecule has 0 aliphatic carbocycles. The number of nitrogens with zero attached hydrogens (tertiary/aromatic N) is 2. The van der Waals surface area contributed by atoms with E-state index in [0.29, 0.717) is 13.2 Å². The van der Waals surface area contributed by atoms with E-state index in [1.807, 2.05) is 59.5 Å². The number of carboxylic acid groups (broad SMARTS) is 1. The quantitative estimate of drug-likeness (QED) is 0.704. The van der Waals surface area contributed by atoms with E-state index in [2.05, 4.69) is 0 Å². The number of hydrogen-bond acceptors (Lipinski definition) is 5. The maximum absolute atomic E-state index is 10.9. The minimum Gasteiger partial charge on any atom is -0.489 e. The van der Waals surface area contributed by atoms with Crippen LogP contribution in [0.5, 0.6) is 5.75 Å². The number of thiazole rings is 1. The monoisotopic (exact) mass is 380 g/mol. The van der Waals surface area contributed by atoms with Crippen LogP contribution in [-0.4, -0.2) is 34.0 Å². The molecule has 3 aromatic rings. The summed E-state index contributed by atoms with van der Waals surface area (Å²) in [6.07, 6.45) is 0.803. The number of hydrogen-bond donors (Lipinski definition) is 1. The van der Waals surface area contributed by atoms with Gasteiger partial charge in [-0.25, -0.2) is 4.98 Å². The van der Waals surface area contributed by atoms with E-state index in [1.54, 1.807) is 11.3 Å². The summed E-state index contributed by atoms with van der Waals surface area (Å²) < 4.78 is 5.84. The predicted octanol–water partition coefficient (Wildman–Crippen LogP) is 3.83. The lowest BCUT2D eigenvalue weighted by atomic mass is 10.1. The van der Waals surface area contributed by atoms with Gasteiger partial charge in [0.25, 0.3) is 0 Å². The molecule has 0 fully saturated rings. The molecule has 1 aliphatic heterocycles. The van der Waals surface area contributed by atoms with Gasteiger partial charge < -0.3 is 9.84 Å². The number of ether oxygens (including phenoxy) is 1. The largest absolute Gasteiger partial charge is 0.489 e. The number of carboxylic acids is 1. The van der Waals surface area contributed by atoms with E-state index in [9.17, 15) is 4.79 Å². The van der Waals surface area contributed by atoms with Crippen molar-refractivity contribution in [2.45, 2.75) is 19.6 Å². The van der Waals surface area contributed by atoms with E-state index in [0.717, 1.165) is 40.5 Å². The van der Waals surface area contributed by atoms with Gasteiger partial charge in [-0.3, -0.25) is 9.69 Å². The molecule has 1 aromatic heterocycles. The molecule has 0 saturated heterocycles. The highest BCUT2D eigenvalue weighted by Crippen LogP contribution is 2.32. The Labute approximate surface area is 161 Å². The first-order valence-electron chi connectivity index (χ1n) is 8.87. The predicted molar refractivity (Wildman–Crippen MR) is 105 cm³/mol. The summed E-state index contributed by atoms with van der Waals surface area (Å²) >= 11 is 1.65. The van der Waals surface area contributed by atoms with Crippen LogP contribution < -0.4 is 4.74 Å². The second-order valence-corrected chi connectivity index (χ2v) is 7.63. The van der Waals surface area contributed by atoms with Crippen molar-refractivity contribution in [3.05, 3.63) is 70.7 Å². The molecule has 138 valence electrons. The lowest BCUT2D eigenvalue weighted by Crippen LogP contribution is -2.34. The highest BCUT2D eigenvalue weighted by Gasteiger charge is 2.22. The third-order valence-corrected chi connectivity index (χ3v) is 5.65. The molecule has 0 spiro atoms. The smallest absolute Gasteiger partial charge is 0.317 e. The fourth-order valence-corrected chi connectivity index (χ4v) is 4.29. The van der Waals surface area contributed by atoms with Gasteiger partial charge >= 0.3 is 5.97 Å². The number of aliphatic carboxylic acids is 1. The van der Waals surface area contributed by atoms with Crippen molar-refractivity contribution >= 4 is 17.3 Å². The number of carbonyl (C=O) groups is 1. The third kappa shape index (κ3) is 4.35. The Morgan fingerprint density at radius 3 is 2.67 bits per heavy atom. The number of fused-ring (bicyclic) bond motifs is 1. The Balaban J connectivity index is 1.42. The number of benzene rings is 2. The van der Waals surface area contributed by atoms with Crippen molar-refractivity contribution in [3.8, 4) is 16.3 Å². The fourth-order valence-electron chi connectivity index (χ4n) is 3.13. The Morgan fingerprint density at radius 2 is 1.93 bits per heavy atom. The first kappa shape index (κ1) is 17.7. The van der Waals surface area contributed by atoms with Gasteiger partial charge in [0, 0.05) is 30.0 Å². The summed E-state index contributed by atoms with van der Waals surface area (Å²) in [4.78, 5) is 18.8. The molecule has 2 aromatic carbocycles. The van der Waals surface area contributed by atoms with Crippen LogP contribution in [0, 0.1) is 0 Å². The first-order valence-corrected chi connectivity index (χ1v) is 9.69. The second kappa shape index (κ2) is 7.90. The lowest BCUT2D eigenvalue weighted by molar-refractivity contribution is -0.138. The molecule has 0 atom stereocenters. The lowest BCUT2D eigenvalue weighted by Gasteiger charge is -2.23. The van der Waals surface area contributed by atoms with Crippen molar-refractivity contribution in [1.82, 2.24) is 9.88 Å². The normalized spacial score (nSPS) is 13.9. The molecule has 5 nitrogen and oxygen atoms in total. The van der Waals surface area contributed by atoms with Gasteiger partial charge in [-0.1, -0.05) is 30.3 Å². The molecule has 0 amide bonds. The molecule has 0 unspecified atom stereocenters. The van der Waals surface area contributed by atoms with Gasteiger partial charge in [-0.15, -0.1) is 11.3 Å². The average Bonchev–Trinajstić information content (AvgIpc) is 3.10. The number of aromatic nitrogens is 1. The van der Waals surface area contributed by atoms with Gasteiger partial charge in [-0.2, -0.15) is 0 Å². The molecular weight excluding hydrogens is 360 g/mol. The van der Waals surface area contributed by atoms with E-state index in [4.69, 9.17) is 14.8 Å². The summed E-state index contributed by atoms with van der Waals surface area (Å²) in [5, 5.41) is 9.95. The van der Waals surface area contributed by atoms with Crippen LogP contribution in [0.15, 0.2) is 54.6 Å². The first-order chi connectivity index (χ1) is 13.2. The molecule has 1 aliphatic rings. The summed E-state index contributed by atoms with van der Waals surface area (Å²) in [7, 11) is 0. The zero-order chi connectivity index (χ0) is 18.6. The molecule has 0 radical (unpaired) electrons. The molecule has 2 heterocycles. The SMILES string of the molecule is O=C(O)CN1CCc2nc(-c3ccc(OCc4ccccc4)cc3)sc2C1. The van der Waals surface area contributed by atoms with Crippen molar-refractivity contribution in [2.24, 2.45) is 0 Å². The van der Waals surface area contributed by atoms with Crippen LogP contribution in [0.4, 0.5) is 0 Å². The standard InChI is InChI=1S/C21H20N2O3S/c24-20(25)13-23-11-10-18-19(12-23)27-21(22-18)16-6-8-17(9-7-16)26-14-15-4-2-1-3-5-15/h1-9H,10-14H2,(H,24,25). The van der Waals surface area contributed by atoms with Gasteiger partial charge in [0.1, 0.15) is 17.4 Å². The van der Waals surface area contributed by atoms with E-state index in [1.165, 1.54) is 4.88 Å². The van der Waals surface area contributed by atoms with Crippen molar-refractivity contribution in [3.63, 3.8) is 0 Å². The van der Waals surface area contributed by atoms with Crippen LogP contribution >= 0.6 is 11.3 Å². The van der Waals surface area contributed by atoms with E-state index >= 15 is 0 Å². The summed E-state index contributed by atoms with van der Waals surface area (Å²) in [5.41, 5.74) is 3.30. The maximum Gasteiger partial charge on any atom is 0.317 e. The molecule has 6 heteroatoms. The van der Waals surface area contributed by atoms with E-state index < -0.39 is 5.97 Å². The van der Waals surface area contributed by atoms with Crippen molar-refractivity contribution < 1.29 is 14.6 Å². The summed E-state index contributed by atoms with van der Waals surface area (Å²) in [6.45, 7) is 2.04. The van der Waals surface area contributed by atoms with E-state index in [-0.39, 0.29) is 6.54 Å². The zero-order valence-corrected chi connectivity index (χ0v) is 15.6. The van der Waals surface area contributed by atoms with Gasteiger partial charge in [0.15, 0.2) is 0 Å². The Hall–Kier alpha value is -2.70. The Kier molecular flexibility index (Phi) is 5.18. The topological polar surface area (TPSA) is 62.7 Å². The van der Waals surface area contributed by atoms with Gasteiger partial charge in [-0.05, 0) is 29.8 Å². The Bertz CT molecular complexity index is 922. The minimum absolute atomic E-state index is 0.0835.